The zero-order valence-electron chi connectivity index (χ0n) is 20.3. The van der Waals surface area contributed by atoms with Crippen LogP contribution in [0.3, 0.4) is 0 Å². The lowest BCUT2D eigenvalue weighted by molar-refractivity contribution is 0.0952. The first-order valence-corrected chi connectivity index (χ1v) is 14.5. The molecule has 0 saturated carbocycles. The van der Waals surface area contributed by atoms with Crippen LogP contribution in [-0.2, 0) is 22.9 Å². The Labute approximate surface area is 222 Å². The van der Waals surface area contributed by atoms with Crippen LogP contribution < -0.4 is 22.3 Å². The summed E-state index contributed by atoms with van der Waals surface area (Å²) in [5.41, 5.74) is 6.87. The van der Waals surface area contributed by atoms with E-state index in [2.05, 4.69) is 10.3 Å². The Hall–Kier alpha value is -4.03. The number of carbonyl (C=O) groups excluding carboxylic acids is 1. The molecule has 0 fully saturated rings. The molecule has 10 nitrogen and oxygen atoms in total. The molecular formula is C26H25N5O5S2. The number of hydrogen-bond donors (Lipinski definition) is 2. The summed E-state index contributed by atoms with van der Waals surface area (Å²) in [6.07, 6.45) is 0.601. The molecule has 1 aliphatic rings. The minimum absolute atomic E-state index is 0.0101. The van der Waals surface area contributed by atoms with Crippen molar-refractivity contribution in [1.29, 1.82) is 0 Å². The lowest BCUT2D eigenvalue weighted by atomic mass is 10.1. The summed E-state index contributed by atoms with van der Waals surface area (Å²) in [6.45, 7) is 0.464. The van der Waals surface area contributed by atoms with Crippen LogP contribution >= 0.6 is 11.3 Å². The second-order valence-corrected chi connectivity index (χ2v) is 11.8. The molecule has 4 aromatic rings. The van der Waals surface area contributed by atoms with Crippen molar-refractivity contribution in [1.82, 2.24) is 19.4 Å². The number of anilines is 1. The molecule has 196 valence electrons. The number of nitrogens with zero attached hydrogens (tertiary/aromatic N) is 3. The third kappa shape index (κ3) is 4.92. The molecule has 3 N–H and O–H groups in total. The molecule has 2 aromatic heterocycles. The number of thiazole rings is 1. The zero-order chi connectivity index (χ0) is 26.9. The van der Waals surface area contributed by atoms with Crippen molar-refractivity contribution in [2.24, 2.45) is 0 Å². The topological polar surface area (TPSA) is 146 Å². The highest BCUT2D eigenvalue weighted by atomic mass is 32.2. The molecule has 0 unspecified atom stereocenters. The Kier molecular flexibility index (Phi) is 7.00. The van der Waals surface area contributed by atoms with Crippen LogP contribution in [0.1, 0.15) is 23.2 Å². The molecule has 0 atom stereocenters. The van der Waals surface area contributed by atoms with Gasteiger partial charge in [0.15, 0.2) is 20.0 Å². The lowest BCUT2D eigenvalue weighted by Gasteiger charge is -2.23. The van der Waals surface area contributed by atoms with Crippen LogP contribution in [-0.4, -0.2) is 40.7 Å². The van der Waals surface area contributed by atoms with Crippen molar-refractivity contribution < 1.29 is 13.2 Å². The predicted molar refractivity (Wildman–Crippen MR) is 146 cm³/mol. The van der Waals surface area contributed by atoms with Gasteiger partial charge in [-0.3, -0.25) is 18.7 Å². The van der Waals surface area contributed by atoms with Crippen molar-refractivity contribution in [3.05, 3.63) is 86.4 Å². The number of benzene rings is 2. The summed E-state index contributed by atoms with van der Waals surface area (Å²) in [7, 11) is -3.79. The van der Waals surface area contributed by atoms with Gasteiger partial charge < -0.3 is 11.1 Å². The molecule has 0 spiro atoms. The summed E-state index contributed by atoms with van der Waals surface area (Å²) in [6, 6.07) is 15.5. The lowest BCUT2D eigenvalue weighted by Crippen LogP contribution is -2.45. The van der Waals surface area contributed by atoms with Crippen LogP contribution in [0.4, 0.5) is 5.13 Å². The van der Waals surface area contributed by atoms with Gasteiger partial charge in [-0.15, -0.1) is 11.3 Å². The second-order valence-electron chi connectivity index (χ2n) is 8.87. The van der Waals surface area contributed by atoms with E-state index in [1.165, 1.54) is 15.9 Å². The number of rotatable bonds is 7. The van der Waals surface area contributed by atoms with Gasteiger partial charge in [0.1, 0.15) is 0 Å². The van der Waals surface area contributed by atoms with E-state index in [4.69, 9.17) is 5.73 Å². The molecule has 0 aliphatic carbocycles. The molecule has 0 saturated heterocycles. The van der Waals surface area contributed by atoms with E-state index in [-0.39, 0.29) is 41.9 Å². The van der Waals surface area contributed by atoms with Crippen molar-refractivity contribution in [2.45, 2.75) is 31.0 Å². The monoisotopic (exact) mass is 551 g/mol. The van der Waals surface area contributed by atoms with Crippen LogP contribution in [0.25, 0.3) is 22.4 Å². The fraction of sp³-hybridized carbons (Fsp3) is 0.231. The summed E-state index contributed by atoms with van der Waals surface area (Å²) in [5.74, 6) is -0.402. The van der Waals surface area contributed by atoms with Crippen molar-refractivity contribution in [3.8, 4) is 22.4 Å². The van der Waals surface area contributed by atoms with Crippen LogP contribution in [0.2, 0.25) is 0 Å². The average Bonchev–Trinajstić information content (AvgIpc) is 3.35. The maximum Gasteiger partial charge on any atom is 0.332 e. The highest BCUT2D eigenvalue weighted by Gasteiger charge is 2.32. The fourth-order valence-electron chi connectivity index (χ4n) is 4.51. The summed E-state index contributed by atoms with van der Waals surface area (Å²) in [4.78, 5) is 43.4. The Bertz CT molecular complexity index is 1720. The smallest absolute Gasteiger partial charge is 0.332 e. The SMILES string of the molecule is Nc1nc(-c2ccc(C(=O)NCCCn3c(=O)c(-c4ccccc4)c4n(c3=O)CCCS4(=O)=O)cc2)cs1. The molecule has 0 radical (unpaired) electrons. The van der Waals surface area contributed by atoms with Crippen molar-refractivity contribution in [2.75, 3.05) is 18.0 Å². The quantitative estimate of drug-likeness (QED) is 0.265. The van der Waals surface area contributed by atoms with Crippen LogP contribution in [0, 0.1) is 0 Å². The van der Waals surface area contributed by atoms with E-state index >= 15 is 0 Å². The van der Waals surface area contributed by atoms with Crippen molar-refractivity contribution in [3.63, 3.8) is 0 Å². The standard InChI is InChI=1S/C26H25N5O5S2/c27-25-29-20(16-37-25)17-8-10-19(11-9-17)22(32)28-12-4-13-30-23(33)21(18-6-2-1-3-7-18)24-31(26(30)34)14-5-15-38(24,35)36/h1-3,6-11,16H,4-5,12-15H2,(H2,27,29)(H,28,32). The molecule has 3 heterocycles. The van der Waals surface area contributed by atoms with Gasteiger partial charge in [-0.2, -0.15) is 0 Å². The average molecular weight is 552 g/mol. The maximum absolute atomic E-state index is 13.4. The first-order valence-electron chi connectivity index (χ1n) is 12.0. The van der Waals surface area contributed by atoms with Crippen LogP contribution in [0.15, 0.2) is 74.6 Å². The van der Waals surface area contributed by atoms with Gasteiger partial charge in [-0.05, 0) is 30.5 Å². The number of nitrogen functional groups attached to an aromatic ring is 1. The van der Waals surface area contributed by atoms with Crippen LogP contribution in [0.5, 0.6) is 0 Å². The van der Waals surface area contributed by atoms with Gasteiger partial charge >= 0.3 is 5.69 Å². The first-order chi connectivity index (χ1) is 18.3. The molecular weight excluding hydrogens is 526 g/mol. The number of nitrogens with two attached hydrogens (primary N) is 1. The van der Waals surface area contributed by atoms with E-state index in [0.717, 1.165) is 15.8 Å². The summed E-state index contributed by atoms with van der Waals surface area (Å²) in [5, 5.41) is 4.90. The Balaban J connectivity index is 1.33. The normalized spacial score (nSPS) is 14.1. The summed E-state index contributed by atoms with van der Waals surface area (Å²) < 4.78 is 28.0. The maximum atomic E-state index is 13.4. The van der Waals surface area contributed by atoms with Gasteiger partial charge in [0.25, 0.3) is 11.5 Å². The molecule has 5 rings (SSSR count). The minimum Gasteiger partial charge on any atom is -0.375 e. The van der Waals surface area contributed by atoms with E-state index in [0.29, 0.717) is 29.1 Å². The number of carbonyl (C=O) groups is 1. The highest BCUT2D eigenvalue weighted by Crippen LogP contribution is 2.27. The Morgan fingerprint density at radius 1 is 1.05 bits per heavy atom. The largest absolute Gasteiger partial charge is 0.375 e. The number of amides is 1. The third-order valence-corrected chi connectivity index (χ3v) is 8.85. The summed E-state index contributed by atoms with van der Waals surface area (Å²) >= 11 is 1.34. The molecule has 2 aromatic carbocycles. The Morgan fingerprint density at radius 2 is 1.79 bits per heavy atom. The molecule has 38 heavy (non-hydrogen) atoms. The van der Waals surface area contributed by atoms with E-state index in [1.54, 1.807) is 54.6 Å². The molecule has 1 amide bonds. The predicted octanol–water partition coefficient (Wildman–Crippen LogP) is 2.38. The first kappa shape index (κ1) is 25.6. The third-order valence-electron chi connectivity index (χ3n) is 6.34. The zero-order valence-corrected chi connectivity index (χ0v) is 21.9. The number of nitrogens with one attached hydrogen (secondary N) is 1. The van der Waals surface area contributed by atoms with Gasteiger partial charge in [0.05, 0.1) is 17.0 Å². The number of fused-ring (bicyclic) bond motifs is 1. The number of aromatic nitrogens is 3. The number of hydrogen-bond acceptors (Lipinski definition) is 8. The molecule has 12 heteroatoms. The van der Waals surface area contributed by atoms with Gasteiger partial charge in [0.2, 0.25) is 0 Å². The number of sulfone groups is 1. The van der Waals surface area contributed by atoms with E-state index < -0.39 is 21.1 Å². The van der Waals surface area contributed by atoms with E-state index in [1.807, 2.05) is 5.38 Å². The van der Waals surface area contributed by atoms with Gasteiger partial charge in [-0.1, -0.05) is 42.5 Å². The van der Waals surface area contributed by atoms with E-state index in [9.17, 15) is 22.8 Å². The fourth-order valence-corrected chi connectivity index (χ4v) is 6.81. The highest BCUT2D eigenvalue weighted by molar-refractivity contribution is 7.91. The molecule has 1 aliphatic heterocycles. The van der Waals surface area contributed by atoms with Gasteiger partial charge in [-0.25, -0.2) is 18.2 Å². The minimum atomic E-state index is -3.79. The molecule has 0 bridgehead atoms. The van der Waals surface area contributed by atoms with Crippen molar-refractivity contribution >= 4 is 32.2 Å². The van der Waals surface area contributed by atoms with Gasteiger partial charge in [0, 0.05) is 36.1 Å². The Morgan fingerprint density at radius 3 is 2.47 bits per heavy atom. The second kappa shape index (κ2) is 10.4.